The summed E-state index contributed by atoms with van der Waals surface area (Å²) < 4.78 is 0. The standard InChI is InChI=1S/C19H16N4O3S/c20-19(26)23-15-4-1-3-14(11-15)22-17(24)12-6-8-13(9-7-12)21-18(25)16-5-2-10-27-16/h1-11H,(H,21,25)(H,22,24)(H3,20,23,26). The minimum absolute atomic E-state index is 0.194. The molecule has 27 heavy (non-hydrogen) atoms. The molecule has 0 aliphatic carbocycles. The third kappa shape index (κ3) is 4.93. The maximum Gasteiger partial charge on any atom is 0.316 e. The van der Waals surface area contributed by atoms with Crippen molar-refractivity contribution in [3.63, 3.8) is 0 Å². The fourth-order valence-corrected chi connectivity index (χ4v) is 2.94. The molecule has 1 heterocycles. The third-order valence-electron chi connectivity index (χ3n) is 3.54. The lowest BCUT2D eigenvalue weighted by Gasteiger charge is -2.09. The Morgan fingerprint density at radius 3 is 2.04 bits per heavy atom. The van der Waals surface area contributed by atoms with Crippen molar-refractivity contribution in [2.75, 3.05) is 16.0 Å². The molecular formula is C19H16N4O3S. The molecule has 0 aliphatic rings. The Bertz CT molecular complexity index is 969. The SMILES string of the molecule is NC(=O)Nc1cccc(NC(=O)c2ccc(NC(=O)c3cccs3)cc2)c1. The third-order valence-corrected chi connectivity index (χ3v) is 4.41. The number of hydrogen-bond donors (Lipinski definition) is 4. The number of rotatable bonds is 5. The molecule has 1 aromatic heterocycles. The Balaban J connectivity index is 1.64. The number of carbonyl (C=O) groups excluding carboxylic acids is 3. The Kier molecular flexibility index (Phi) is 5.48. The summed E-state index contributed by atoms with van der Waals surface area (Å²) in [4.78, 5) is 35.9. The van der Waals surface area contributed by atoms with Crippen LogP contribution in [0.15, 0.2) is 66.0 Å². The van der Waals surface area contributed by atoms with Gasteiger partial charge in [0.1, 0.15) is 0 Å². The number of primary amides is 1. The molecule has 0 saturated heterocycles. The molecule has 8 heteroatoms. The van der Waals surface area contributed by atoms with E-state index in [1.807, 2.05) is 5.38 Å². The molecule has 7 nitrogen and oxygen atoms in total. The number of anilines is 3. The molecule has 0 radical (unpaired) electrons. The average molecular weight is 380 g/mol. The van der Waals surface area contributed by atoms with E-state index < -0.39 is 6.03 Å². The summed E-state index contributed by atoms with van der Waals surface area (Å²) in [6, 6.07) is 16.0. The largest absolute Gasteiger partial charge is 0.351 e. The van der Waals surface area contributed by atoms with Gasteiger partial charge in [-0.3, -0.25) is 9.59 Å². The number of urea groups is 1. The molecule has 0 bridgehead atoms. The highest BCUT2D eigenvalue weighted by Gasteiger charge is 2.09. The first-order valence-electron chi connectivity index (χ1n) is 7.94. The number of amides is 4. The molecule has 0 fully saturated rings. The Morgan fingerprint density at radius 2 is 1.41 bits per heavy atom. The van der Waals surface area contributed by atoms with Gasteiger partial charge in [0.2, 0.25) is 0 Å². The molecule has 3 aromatic rings. The van der Waals surface area contributed by atoms with Crippen molar-refractivity contribution >= 4 is 46.2 Å². The van der Waals surface area contributed by atoms with Crippen LogP contribution in [0.4, 0.5) is 21.9 Å². The van der Waals surface area contributed by atoms with Gasteiger partial charge < -0.3 is 21.7 Å². The molecule has 3 rings (SSSR count). The molecule has 0 atom stereocenters. The summed E-state index contributed by atoms with van der Waals surface area (Å²) in [7, 11) is 0. The molecule has 5 N–H and O–H groups in total. The predicted molar refractivity (Wildman–Crippen MR) is 106 cm³/mol. The molecule has 0 unspecified atom stereocenters. The molecule has 4 amide bonds. The van der Waals surface area contributed by atoms with Crippen LogP contribution in [0.5, 0.6) is 0 Å². The fourth-order valence-electron chi connectivity index (χ4n) is 2.33. The summed E-state index contributed by atoms with van der Waals surface area (Å²) in [5.74, 6) is -0.511. The van der Waals surface area contributed by atoms with Crippen molar-refractivity contribution in [3.05, 3.63) is 76.5 Å². The molecular weight excluding hydrogens is 364 g/mol. The van der Waals surface area contributed by atoms with Crippen molar-refractivity contribution in [3.8, 4) is 0 Å². The number of benzene rings is 2. The molecule has 136 valence electrons. The second-order valence-electron chi connectivity index (χ2n) is 5.53. The van der Waals surface area contributed by atoms with Crippen LogP contribution >= 0.6 is 11.3 Å². The number of thiophene rings is 1. The van der Waals surface area contributed by atoms with Gasteiger partial charge in [-0.15, -0.1) is 11.3 Å². The number of nitrogens with one attached hydrogen (secondary N) is 3. The zero-order valence-electron chi connectivity index (χ0n) is 14.1. The lowest BCUT2D eigenvalue weighted by Crippen LogP contribution is -2.19. The van der Waals surface area contributed by atoms with E-state index in [0.717, 1.165) is 0 Å². The van der Waals surface area contributed by atoms with E-state index in [1.54, 1.807) is 60.7 Å². The maximum absolute atomic E-state index is 12.4. The summed E-state index contributed by atoms with van der Waals surface area (Å²) in [5, 5.41) is 9.78. The van der Waals surface area contributed by atoms with Gasteiger partial charge in [0, 0.05) is 22.6 Å². The summed E-state index contributed by atoms with van der Waals surface area (Å²) in [6.45, 7) is 0. The summed E-state index contributed by atoms with van der Waals surface area (Å²) >= 11 is 1.35. The smallest absolute Gasteiger partial charge is 0.316 e. The van der Waals surface area contributed by atoms with Crippen LogP contribution in [0.1, 0.15) is 20.0 Å². The normalized spacial score (nSPS) is 10.1. The van der Waals surface area contributed by atoms with Gasteiger partial charge >= 0.3 is 6.03 Å². The van der Waals surface area contributed by atoms with Crippen LogP contribution < -0.4 is 21.7 Å². The van der Waals surface area contributed by atoms with Crippen molar-refractivity contribution in [1.82, 2.24) is 0 Å². The number of nitrogens with two attached hydrogens (primary N) is 1. The number of carbonyl (C=O) groups is 3. The highest BCUT2D eigenvalue weighted by Crippen LogP contribution is 2.18. The molecule has 0 aliphatic heterocycles. The first kappa shape index (κ1) is 18.2. The minimum Gasteiger partial charge on any atom is -0.351 e. The second kappa shape index (κ2) is 8.15. The van der Waals surface area contributed by atoms with Crippen molar-refractivity contribution < 1.29 is 14.4 Å². The van der Waals surface area contributed by atoms with Crippen molar-refractivity contribution in [1.29, 1.82) is 0 Å². The zero-order chi connectivity index (χ0) is 19.2. The second-order valence-corrected chi connectivity index (χ2v) is 6.48. The van der Waals surface area contributed by atoms with E-state index in [4.69, 9.17) is 5.73 Å². The van der Waals surface area contributed by atoms with Gasteiger partial charge in [0.25, 0.3) is 11.8 Å². The van der Waals surface area contributed by atoms with Gasteiger partial charge in [-0.25, -0.2) is 4.79 Å². The number of hydrogen-bond acceptors (Lipinski definition) is 4. The van der Waals surface area contributed by atoms with Gasteiger partial charge in [0.15, 0.2) is 0 Å². The van der Waals surface area contributed by atoms with Crippen LogP contribution in [-0.2, 0) is 0 Å². The van der Waals surface area contributed by atoms with E-state index in [0.29, 0.717) is 27.5 Å². The van der Waals surface area contributed by atoms with E-state index in [2.05, 4.69) is 16.0 Å². The van der Waals surface area contributed by atoms with Crippen LogP contribution in [0.3, 0.4) is 0 Å². The van der Waals surface area contributed by atoms with Gasteiger partial charge in [0.05, 0.1) is 4.88 Å². The summed E-state index contributed by atoms with van der Waals surface area (Å²) in [6.07, 6.45) is 0. The topological polar surface area (TPSA) is 113 Å². The lowest BCUT2D eigenvalue weighted by atomic mass is 10.2. The summed E-state index contributed by atoms with van der Waals surface area (Å²) in [5.41, 5.74) is 7.10. The predicted octanol–water partition coefficient (Wildman–Crippen LogP) is 3.74. The van der Waals surface area contributed by atoms with Crippen LogP contribution in [0, 0.1) is 0 Å². The van der Waals surface area contributed by atoms with E-state index >= 15 is 0 Å². The highest BCUT2D eigenvalue weighted by atomic mass is 32.1. The Labute approximate surface area is 159 Å². The van der Waals surface area contributed by atoms with E-state index in [1.165, 1.54) is 11.3 Å². The Morgan fingerprint density at radius 1 is 0.741 bits per heavy atom. The van der Waals surface area contributed by atoms with E-state index in [-0.39, 0.29) is 11.8 Å². The van der Waals surface area contributed by atoms with Gasteiger partial charge in [-0.1, -0.05) is 12.1 Å². The fraction of sp³-hybridized carbons (Fsp3) is 0. The zero-order valence-corrected chi connectivity index (χ0v) is 14.9. The molecule has 2 aromatic carbocycles. The maximum atomic E-state index is 12.4. The Hall–Kier alpha value is -3.65. The van der Waals surface area contributed by atoms with Crippen LogP contribution in [0.25, 0.3) is 0 Å². The van der Waals surface area contributed by atoms with Gasteiger partial charge in [-0.2, -0.15) is 0 Å². The first-order valence-corrected chi connectivity index (χ1v) is 8.82. The first-order chi connectivity index (χ1) is 13.0. The van der Waals surface area contributed by atoms with Crippen molar-refractivity contribution in [2.24, 2.45) is 5.73 Å². The quantitative estimate of drug-likeness (QED) is 0.540. The van der Waals surface area contributed by atoms with Crippen LogP contribution in [0.2, 0.25) is 0 Å². The van der Waals surface area contributed by atoms with Gasteiger partial charge in [-0.05, 0) is 53.9 Å². The molecule has 0 spiro atoms. The minimum atomic E-state index is -0.682. The van der Waals surface area contributed by atoms with E-state index in [9.17, 15) is 14.4 Å². The average Bonchev–Trinajstić information content (AvgIpc) is 3.17. The van der Waals surface area contributed by atoms with Crippen LogP contribution in [-0.4, -0.2) is 17.8 Å². The lowest BCUT2D eigenvalue weighted by molar-refractivity contribution is 0.102. The highest BCUT2D eigenvalue weighted by molar-refractivity contribution is 7.12. The molecule has 0 saturated carbocycles. The monoisotopic (exact) mass is 380 g/mol. The van der Waals surface area contributed by atoms with Crippen molar-refractivity contribution in [2.45, 2.75) is 0 Å².